The number of sulfonamides is 1. The molecule has 0 radical (unpaired) electrons. The number of anilines is 2. The van der Waals surface area contributed by atoms with Gasteiger partial charge in [0.2, 0.25) is 15.9 Å². The predicted molar refractivity (Wildman–Crippen MR) is 103 cm³/mol. The first-order valence-electron chi connectivity index (χ1n) is 7.73. The molecule has 0 saturated carbocycles. The lowest BCUT2D eigenvalue weighted by atomic mass is 10.1. The Morgan fingerprint density at radius 3 is 2.42 bits per heavy atom. The van der Waals surface area contributed by atoms with E-state index in [-0.39, 0.29) is 11.5 Å². The van der Waals surface area contributed by atoms with Crippen LogP contribution in [0, 0.1) is 6.92 Å². The molecule has 1 amide bonds. The molecule has 1 N–H and O–H groups in total. The van der Waals surface area contributed by atoms with Crippen molar-refractivity contribution in [3.63, 3.8) is 0 Å². The fourth-order valence-corrected chi connectivity index (χ4v) is 3.37. The van der Waals surface area contributed by atoms with Crippen LogP contribution in [-0.4, -0.2) is 32.9 Å². The second-order valence-corrected chi connectivity index (χ2v) is 8.15. The Kier molecular flexibility index (Phi) is 6.05. The largest absolute Gasteiger partial charge is 0.324 e. The van der Waals surface area contributed by atoms with Crippen LogP contribution in [0.15, 0.2) is 42.5 Å². The van der Waals surface area contributed by atoms with E-state index in [9.17, 15) is 18.0 Å². The van der Waals surface area contributed by atoms with Gasteiger partial charge in [-0.2, -0.15) is 0 Å². The van der Waals surface area contributed by atoms with Gasteiger partial charge in [0.1, 0.15) is 6.54 Å². The quantitative estimate of drug-likeness (QED) is 0.762. The third-order valence-electron chi connectivity index (χ3n) is 3.77. The minimum atomic E-state index is -3.73. The number of nitrogens with one attached hydrogen (secondary N) is 1. The lowest BCUT2D eigenvalue weighted by molar-refractivity contribution is -0.114. The number of amides is 1. The van der Waals surface area contributed by atoms with Crippen LogP contribution in [0.25, 0.3) is 0 Å². The Bertz CT molecular complexity index is 957. The summed E-state index contributed by atoms with van der Waals surface area (Å²) in [5.41, 5.74) is 1.81. The van der Waals surface area contributed by atoms with Crippen molar-refractivity contribution in [2.45, 2.75) is 13.8 Å². The summed E-state index contributed by atoms with van der Waals surface area (Å²) in [6, 6.07) is 11.2. The van der Waals surface area contributed by atoms with Gasteiger partial charge in [0.15, 0.2) is 5.78 Å². The molecule has 0 fully saturated rings. The monoisotopic (exact) mass is 394 g/mol. The number of hydrogen-bond donors (Lipinski definition) is 1. The van der Waals surface area contributed by atoms with Crippen molar-refractivity contribution in [1.82, 2.24) is 0 Å². The summed E-state index contributed by atoms with van der Waals surface area (Å²) in [5, 5.41) is 3.16. The molecule has 0 heterocycles. The zero-order valence-corrected chi connectivity index (χ0v) is 16.2. The third-order valence-corrected chi connectivity index (χ3v) is 5.32. The lowest BCUT2D eigenvalue weighted by Gasteiger charge is -2.22. The van der Waals surface area contributed by atoms with Gasteiger partial charge in [-0.15, -0.1) is 0 Å². The fourth-order valence-electron chi connectivity index (χ4n) is 2.34. The zero-order chi connectivity index (χ0) is 19.5. The zero-order valence-electron chi connectivity index (χ0n) is 14.6. The standard InChI is InChI=1S/C18H19ClN2O4S/c1-12-16(19)8-5-9-17(12)20-18(23)11-21(26(3,24)25)15-7-4-6-14(10-15)13(2)22/h4-10H,11H2,1-3H3,(H,20,23). The van der Waals surface area contributed by atoms with Crippen LogP contribution in [0.5, 0.6) is 0 Å². The maximum Gasteiger partial charge on any atom is 0.245 e. The van der Waals surface area contributed by atoms with E-state index in [2.05, 4.69) is 5.32 Å². The normalized spacial score (nSPS) is 11.1. The average Bonchev–Trinajstić information content (AvgIpc) is 2.56. The molecule has 8 heteroatoms. The van der Waals surface area contributed by atoms with Crippen molar-refractivity contribution >= 4 is 44.7 Å². The number of nitrogens with zero attached hydrogens (tertiary/aromatic N) is 1. The van der Waals surface area contributed by atoms with Crippen LogP contribution < -0.4 is 9.62 Å². The maximum absolute atomic E-state index is 12.4. The van der Waals surface area contributed by atoms with Gasteiger partial charge in [-0.1, -0.05) is 29.8 Å². The Hall–Kier alpha value is -2.38. The smallest absolute Gasteiger partial charge is 0.245 e. The first kappa shape index (κ1) is 19.9. The molecule has 0 spiro atoms. The van der Waals surface area contributed by atoms with E-state index >= 15 is 0 Å². The molecule has 0 aromatic heterocycles. The second kappa shape index (κ2) is 7.88. The van der Waals surface area contributed by atoms with Gasteiger partial charge in [-0.3, -0.25) is 13.9 Å². The summed E-state index contributed by atoms with van der Waals surface area (Å²) in [5.74, 6) is -0.715. The number of halogens is 1. The molecular weight excluding hydrogens is 376 g/mol. The predicted octanol–water partition coefficient (Wildman–Crippen LogP) is 3.26. The molecule has 26 heavy (non-hydrogen) atoms. The molecule has 0 aliphatic heterocycles. The highest BCUT2D eigenvalue weighted by Gasteiger charge is 2.22. The minimum Gasteiger partial charge on any atom is -0.324 e. The Morgan fingerprint density at radius 1 is 1.15 bits per heavy atom. The van der Waals surface area contributed by atoms with E-state index in [1.165, 1.54) is 19.1 Å². The average molecular weight is 395 g/mol. The highest BCUT2D eigenvalue weighted by atomic mass is 35.5. The van der Waals surface area contributed by atoms with Crippen molar-refractivity contribution < 1.29 is 18.0 Å². The number of ketones is 1. The molecule has 0 bridgehead atoms. The summed E-state index contributed by atoms with van der Waals surface area (Å²) < 4.78 is 25.3. The van der Waals surface area contributed by atoms with Gasteiger partial charge in [-0.25, -0.2) is 8.42 Å². The lowest BCUT2D eigenvalue weighted by Crippen LogP contribution is -2.37. The molecule has 6 nitrogen and oxygen atoms in total. The Morgan fingerprint density at radius 2 is 1.81 bits per heavy atom. The van der Waals surface area contributed by atoms with Gasteiger partial charge in [0, 0.05) is 16.3 Å². The van der Waals surface area contributed by atoms with E-state index in [0.717, 1.165) is 10.6 Å². The molecule has 138 valence electrons. The maximum atomic E-state index is 12.4. The van der Waals surface area contributed by atoms with E-state index in [1.807, 2.05) is 0 Å². The second-order valence-electron chi connectivity index (χ2n) is 5.84. The number of carbonyl (C=O) groups is 2. The van der Waals surface area contributed by atoms with Crippen molar-refractivity contribution in [2.24, 2.45) is 0 Å². The first-order valence-corrected chi connectivity index (χ1v) is 9.96. The third kappa shape index (κ3) is 4.83. The van der Waals surface area contributed by atoms with Crippen LogP contribution in [-0.2, 0) is 14.8 Å². The number of Topliss-reactive ketones (excluding diaryl/α,β-unsaturated/α-hetero) is 1. The van der Waals surface area contributed by atoms with Crippen LogP contribution in [0.2, 0.25) is 5.02 Å². The number of benzene rings is 2. The van der Waals surface area contributed by atoms with Gasteiger partial charge in [0.05, 0.1) is 11.9 Å². The van der Waals surface area contributed by atoms with Gasteiger partial charge in [-0.05, 0) is 43.7 Å². The minimum absolute atomic E-state index is 0.195. The molecule has 2 rings (SSSR count). The Balaban J connectivity index is 2.29. The molecule has 0 aliphatic carbocycles. The van der Waals surface area contributed by atoms with Crippen molar-refractivity contribution in [1.29, 1.82) is 0 Å². The molecule has 0 atom stereocenters. The molecular formula is C18H19ClN2O4S. The van der Waals surface area contributed by atoms with Crippen LogP contribution in [0.4, 0.5) is 11.4 Å². The van der Waals surface area contributed by atoms with Gasteiger partial charge in [0.25, 0.3) is 0 Å². The van der Waals surface area contributed by atoms with E-state index in [0.29, 0.717) is 21.8 Å². The van der Waals surface area contributed by atoms with Gasteiger partial charge >= 0.3 is 0 Å². The highest BCUT2D eigenvalue weighted by Crippen LogP contribution is 2.24. The van der Waals surface area contributed by atoms with Crippen molar-refractivity contribution in [2.75, 3.05) is 22.4 Å². The van der Waals surface area contributed by atoms with E-state index < -0.39 is 22.5 Å². The molecule has 0 unspecified atom stereocenters. The van der Waals surface area contributed by atoms with Crippen LogP contribution in [0.3, 0.4) is 0 Å². The topological polar surface area (TPSA) is 83.6 Å². The summed E-state index contributed by atoms with van der Waals surface area (Å²) >= 11 is 6.03. The first-order chi connectivity index (χ1) is 12.1. The summed E-state index contributed by atoms with van der Waals surface area (Å²) in [4.78, 5) is 23.9. The van der Waals surface area contributed by atoms with E-state index in [4.69, 9.17) is 11.6 Å². The van der Waals surface area contributed by atoms with E-state index in [1.54, 1.807) is 37.3 Å². The summed E-state index contributed by atoms with van der Waals surface area (Å²) in [7, 11) is -3.73. The molecule has 0 aliphatic rings. The van der Waals surface area contributed by atoms with Crippen molar-refractivity contribution in [3.05, 3.63) is 58.6 Å². The fraction of sp³-hybridized carbons (Fsp3) is 0.222. The number of carbonyl (C=O) groups excluding carboxylic acids is 2. The summed E-state index contributed by atoms with van der Waals surface area (Å²) in [6.07, 6.45) is 1.01. The molecule has 2 aromatic carbocycles. The molecule has 2 aromatic rings. The summed E-state index contributed by atoms with van der Waals surface area (Å²) in [6.45, 7) is 2.72. The van der Waals surface area contributed by atoms with Crippen molar-refractivity contribution in [3.8, 4) is 0 Å². The van der Waals surface area contributed by atoms with Crippen LogP contribution in [0.1, 0.15) is 22.8 Å². The van der Waals surface area contributed by atoms with Gasteiger partial charge < -0.3 is 5.32 Å². The molecule has 0 saturated heterocycles. The number of rotatable bonds is 6. The highest BCUT2D eigenvalue weighted by molar-refractivity contribution is 7.92. The van der Waals surface area contributed by atoms with Crippen LogP contribution >= 0.6 is 11.6 Å². The SMILES string of the molecule is CC(=O)c1cccc(N(CC(=O)Nc2cccc(Cl)c2C)S(C)(=O)=O)c1. The number of hydrogen-bond acceptors (Lipinski definition) is 4. The Labute approximate surface area is 157 Å².